The largest absolute Gasteiger partial charge is 0.433 e. The third-order valence-corrected chi connectivity index (χ3v) is 6.61. The highest BCUT2D eigenvalue weighted by atomic mass is 19.4. The van der Waals surface area contributed by atoms with E-state index in [4.69, 9.17) is 4.52 Å². The van der Waals surface area contributed by atoms with Crippen LogP contribution < -0.4 is 5.32 Å². The van der Waals surface area contributed by atoms with Crippen molar-refractivity contribution in [1.82, 2.24) is 25.2 Å². The lowest BCUT2D eigenvalue weighted by atomic mass is 9.69. The highest BCUT2D eigenvalue weighted by Gasteiger charge is 2.43. The molecule has 0 spiro atoms. The second-order valence-electron chi connectivity index (χ2n) is 8.85. The summed E-state index contributed by atoms with van der Waals surface area (Å²) >= 11 is 0. The smallest absolute Gasteiger partial charge is 0.355 e. The Hall–Kier alpha value is -4.09. The van der Waals surface area contributed by atoms with Gasteiger partial charge in [0.25, 0.3) is 5.91 Å². The van der Waals surface area contributed by atoms with Gasteiger partial charge in [-0.1, -0.05) is 11.2 Å². The normalized spacial score (nSPS) is 17.5. The Morgan fingerprint density at radius 3 is 2.76 bits per heavy atom. The van der Waals surface area contributed by atoms with Gasteiger partial charge in [-0.2, -0.15) is 18.3 Å². The van der Waals surface area contributed by atoms with Crippen LogP contribution in [0.4, 0.5) is 22.0 Å². The first-order chi connectivity index (χ1) is 17.6. The minimum absolute atomic E-state index is 0.0788. The van der Waals surface area contributed by atoms with Crippen molar-refractivity contribution >= 4 is 5.91 Å². The second-order valence-corrected chi connectivity index (χ2v) is 8.85. The molecule has 1 atom stereocenters. The molecule has 1 aromatic carbocycles. The van der Waals surface area contributed by atoms with E-state index >= 15 is 0 Å². The lowest BCUT2D eigenvalue weighted by molar-refractivity contribution is -0.141. The van der Waals surface area contributed by atoms with E-state index in [0.717, 1.165) is 23.9 Å². The molecule has 0 radical (unpaired) electrons. The number of hydrogen-bond donors (Lipinski definition) is 1. The SMILES string of the molecule is Cn1ncc2c1CCCC2(CNC(=O)c1cc(-c2ccc(F)cc2F)on1)c1cccc(C(F)(F)F)n1. The van der Waals surface area contributed by atoms with E-state index in [2.05, 4.69) is 20.6 Å². The summed E-state index contributed by atoms with van der Waals surface area (Å²) in [5.74, 6) is -2.41. The van der Waals surface area contributed by atoms with Gasteiger partial charge in [-0.25, -0.2) is 13.8 Å². The van der Waals surface area contributed by atoms with Crippen molar-refractivity contribution in [1.29, 1.82) is 0 Å². The number of nitrogens with zero attached hydrogens (tertiary/aromatic N) is 4. The zero-order chi connectivity index (χ0) is 26.4. The molecule has 37 heavy (non-hydrogen) atoms. The molecule has 1 aliphatic rings. The molecule has 192 valence electrons. The monoisotopic (exact) mass is 517 g/mol. The first-order valence-electron chi connectivity index (χ1n) is 11.3. The summed E-state index contributed by atoms with van der Waals surface area (Å²) in [6.45, 7) is -0.0913. The molecule has 1 unspecified atom stereocenters. The van der Waals surface area contributed by atoms with Crippen LogP contribution in [0.2, 0.25) is 0 Å². The molecule has 1 aliphatic carbocycles. The summed E-state index contributed by atoms with van der Waals surface area (Å²) in [7, 11) is 1.75. The first-order valence-corrected chi connectivity index (χ1v) is 11.3. The Labute approximate surface area is 207 Å². The zero-order valence-corrected chi connectivity index (χ0v) is 19.4. The fourth-order valence-electron chi connectivity index (χ4n) is 4.77. The average Bonchev–Trinajstić information content (AvgIpc) is 3.50. The summed E-state index contributed by atoms with van der Waals surface area (Å²) in [6.07, 6.45) is -1.31. The molecule has 3 aromatic heterocycles. The van der Waals surface area contributed by atoms with E-state index in [1.165, 1.54) is 18.2 Å². The maximum Gasteiger partial charge on any atom is 0.433 e. The highest BCUT2D eigenvalue weighted by Crippen LogP contribution is 2.42. The number of rotatable bonds is 5. The van der Waals surface area contributed by atoms with Gasteiger partial charge in [0.2, 0.25) is 0 Å². The van der Waals surface area contributed by atoms with Gasteiger partial charge in [-0.3, -0.25) is 9.48 Å². The number of carbonyl (C=O) groups is 1. The predicted octanol–water partition coefficient (Wildman–Crippen LogP) is 4.82. The molecule has 12 heteroatoms. The molecule has 5 rings (SSSR count). The minimum Gasteiger partial charge on any atom is -0.355 e. The molecule has 0 saturated carbocycles. The van der Waals surface area contributed by atoms with Crippen LogP contribution in [0.5, 0.6) is 0 Å². The van der Waals surface area contributed by atoms with E-state index in [9.17, 15) is 26.7 Å². The number of aromatic nitrogens is 4. The van der Waals surface area contributed by atoms with Crippen molar-refractivity contribution in [3.05, 3.63) is 88.6 Å². The average molecular weight is 517 g/mol. The van der Waals surface area contributed by atoms with Crippen LogP contribution in [0.3, 0.4) is 0 Å². The summed E-state index contributed by atoms with van der Waals surface area (Å²) < 4.78 is 74.5. The zero-order valence-electron chi connectivity index (χ0n) is 19.4. The molecule has 0 aliphatic heterocycles. The number of fused-ring (bicyclic) bond motifs is 1. The van der Waals surface area contributed by atoms with Crippen molar-refractivity contribution in [2.45, 2.75) is 30.9 Å². The van der Waals surface area contributed by atoms with E-state index in [-0.39, 0.29) is 29.3 Å². The van der Waals surface area contributed by atoms with Gasteiger partial charge in [-0.05, 0) is 43.5 Å². The first kappa shape index (κ1) is 24.6. The van der Waals surface area contributed by atoms with Crippen LogP contribution in [-0.2, 0) is 25.1 Å². The van der Waals surface area contributed by atoms with Crippen molar-refractivity contribution in [3.8, 4) is 11.3 Å². The summed E-state index contributed by atoms with van der Waals surface area (Å²) in [4.78, 5) is 16.9. The topological polar surface area (TPSA) is 85.8 Å². The molecule has 1 amide bonds. The van der Waals surface area contributed by atoms with Gasteiger partial charge in [0.15, 0.2) is 11.5 Å². The Bertz CT molecular complexity index is 1480. The van der Waals surface area contributed by atoms with E-state index in [1.807, 2.05) is 0 Å². The molecule has 1 N–H and O–H groups in total. The van der Waals surface area contributed by atoms with E-state index < -0.39 is 34.8 Å². The fourth-order valence-corrected chi connectivity index (χ4v) is 4.77. The van der Waals surface area contributed by atoms with Crippen LogP contribution in [0.25, 0.3) is 11.3 Å². The van der Waals surface area contributed by atoms with E-state index in [0.29, 0.717) is 30.9 Å². The predicted molar refractivity (Wildman–Crippen MR) is 120 cm³/mol. The molecule has 4 aromatic rings. The number of halogens is 5. The van der Waals surface area contributed by atoms with Crippen molar-refractivity contribution in [3.63, 3.8) is 0 Å². The second kappa shape index (κ2) is 9.09. The van der Waals surface area contributed by atoms with Gasteiger partial charge in [0.1, 0.15) is 17.3 Å². The van der Waals surface area contributed by atoms with Crippen molar-refractivity contribution in [2.24, 2.45) is 7.05 Å². The Morgan fingerprint density at radius 1 is 1.19 bits per heavy atom. The van der Waals surface area contributed by atoms with Gasteiger partial charge in [-0.15, -0.1) is 0 Å². The molecule has 7 nitrogen and oxygen atoms in total. The summed E-state index contributed by atoms with van der Waals surface area (Å²) in [5.41, 5.74) is -0.676. The lowest BCUT2D eigenvalue weighted by Crippen LogP contribution is -2.44. The lowest BCUT2D eigenvalue weighted by Gasteiger charge is -2.37. The number of alkyl halides is 3. The molecule has 0 bridgehead atoms. The molecular weight excluding hydrogens is 497 g/mol. The van der Waals surface area contributed by atoms with Crippen LogP contribution in [-0.4, -0.2) is 32.4 Å². The number of carbonyl (C=O) groups excluding carboxylic acids is 1. The Balaban J connectivity index is 1.47. The maximum atomic E-state index is 14.1. The molecule has 0 saturated heterocycles. The van der Waals surface area contributed by atoms with Gasteiger partial charge < -0.3 is 9.84 Å². The standard InChI is InChI=1S/C25H20F5N5O2/c1-35-19-4-3-9-24(16(19)12-32-35,21-5-2-6-22(33-21)25(28,29)30)13-31-23(36)18-11-20(37-34-18)15-8-7-14(26)10-17(15)27/h2,5-8,10-12H,3-4,9,13H2,1H3,(H,31,36). The maximum absolute atomic E-state index is 14.1. The van der Waals surface area contributed by atoms with Crippen LogP contribution in [0.15, 0.2) is 53.2 Å². The number of pyridine rings is 1. The summed E-state index contributed by atoms with van der Waals surface area (Å²) in [5, 5.41) is 10.7. The number of hydrogen-bond acceptors (Lipinski definition) is 5. The third-order valence-electron chi connectivity index (χ3n) is 6.61. The number of benzene rings is 1. The Morgan fingerprint density at radius 2 is 2.00 bits per heavy atom. The minimum atomic E-state index is -4.64. The van der Waals surface area contributed by atoms with Gasteiger partial charge in [0, 0.05) is 37.0 Å². The number of aryl methyl sites for hydroxylation is 1. The summed E-state index contributed by atoms with van der Waals surface area (Å²) in [6, 6.07) is 7.78. The fraction of sp³-hybridized carbons (Fsp3) is 0.280. The molecule has 3 heterocycles. The number of nitrogens with one attached hydrogen (secondary N) is 1. The van der Waals surface area contributed by atoms with Gasteiger partial charge in [0.05, 0.1) is 22.9 Å². The van der Waals surface area contributed by atoms with Crippen LogP contribution in [0, 0.1) is 11.6 Å². The molecule has 0 fully saturated rings. The highest BCUT2D eigenvalue weighted by molar-refractivity contribution is 5.93. The van der Waals surface area contributed by atoms with Gasteiger partial charge >= 0.3 is 6.18 Å². The van der Waals surface area contributed by atoms with E-state index in [1.54, 1.807) is 17.9 Å². The van der Waals surface area contributed by atoms with Crippen LogP contribution >= 0.6 is 0 Å². The van der Waals surface area contributed by atoms with Crippen molar-refractivity contribution in [2.75, 3.05) is 6.54 Å². The van der Waals surface area contributed by atoms with Crippen molar-refractivity contribution < 1.29 is 31.3 Å². The Kier molecular flexibility index (Phi) is 6.04. The third kappa shape index (κ3) is 4.47. The van der Waals surface area contributed by atoms with Crippen LogP contribution in [0.1, 0.15) is 46.0 Å². The number of amides is 1. The quantitative estimate of drug-likeness (QED) is 0.384. The molecular formula is C25H20F5N5O2.